The summed E-state index contributed by atoms with van der Waals surface area (Å²) >= 11 is 1.56. The molecule has 4 fully saturated rings. The van der Waals surface area contributed by atoms with E-state index in [1.807, 2.05) is 13.2 Å². The van der Waals surface area contributed by atoms with Crippen molar-refractivity contribution in [2.45, 2.75) is 75.8 Å². The highest BCUT2D eigenvalue weighted by Gasteiger charge is 2.72. The molecule has 0 aromatic rings. The van der Waals surface area contributed by atoms with Crippen molar-refractivity contribution in [3.05, 3.63) is 0 Å². The number of carbonyl (C=O) groups excluding carboxylic acids is 2. The Morgan fingerprint density at radius 1 is 1.16 bits per heavy atom. The van der Waals surface area contributed by atoms with E-state index in [1.165, 1.54) is 0 Å². The molecule has 0 bridgehead atoms. The molecule has 5 heteroatoms. The summed E-state index contributed by atoms with van der Waals surface area (Å²) in [5.74, 6) is 0.237. The zero-order chi connectivity index (χ0) is 18.2. The second kappa shape index (κ2) is 5.54. The van der Waals surface area contributed by atoms with Gasteiger partial charge in [-0.15, -0.1) is 0 Å². The van der Waals surface area contributed by atoms with Crippen molar-refractivity contribution >= 4 is 23.3 Å². The quantitative estimate of drug-likeness (QED) is 0.769. The van der Waals surface area contributed by atoms with E-state index < -0.39 is 17.2 Å². The summed E-state index contributed by atoms with van der Waals surface area (Å²) in [7, 11) is 0. The van der Waals surface area contributed by atoms with Gasteiger partial charge in [-0.25, -0.2) is 4.39 Å². The van der Waals surface area contributed by atoms with E-state index in [2.05, 4.69) is 6.92 Å². The number of ketones is 2. The Morgan fingerprint density at radius 2 is 1.88 bits per heavy atom. The van der Waals surface area contributed by atoms with Crippen LogP contribution in [0.25, 0.3) is 0 Å². The van der Waals surface area contributed by atoms with Gasteiger partial charge in [0.2, 0.25) is 0 Å². The van der Waals surface area contributed by atoms with Gasteiger partial charge in [0.15, 0.2) is 0 Å². The van der Waals surface area contributed by atoms with Gasteiger partial charge in [-0.3, -0.25) is 9.59 Å². The fraction of sp³-hybridized carbons (Fsp3) is 0.900. The first-order valence-corrected chi connectivity index (χ1v) is 10.9. The largest absolute Gasteiger partial charge is 0.390 e. The number of halogens is 1. The third-order valence-electron chi connectivity index (χ3n) is 8.54. The first kappa shape index (κ1) is 18.0. The van der Waals surface area contributed by atoms with Gasteiger partial charge >= 0.3 is 0 Å². The van der Waals surface area contributed by atoms with Gasteiger partial charge in [-0.1, -0.05) is 13.8 Å². The van der Waals surface area contributed by atoms with Gasteiger partial charge in [-0.2, -0.15) is 11.8 Å². The van der Waals surface area contributed by atoms with E-state index in [1.54, 1.807) is 11.8 Å². The highest BCUT2D eigenvalue weighted by atomic mass is 32.2. The summed E-state index contributed by atoms with van der Waals surface area (Å²) < 4.78 is 16.7. The van der Waals surface area contributed by atoms with E-state index in [4.69, 9.17) is 0 Å². The van der Waals surface area contributed by atoms with Crippen LogP contribution >= 0.6 is 11.8 Å². The summed E-state index contributed by atoms with van der Waals surface area (Å²) in [6.45, 7) is 4.05. The van der Waals surface area contributed by atoms with E-state index in [0.29, 0.717) is 38.5 Å². The number of fused-ring (bicyclic) bond motifs is 5. The molecule has 4 aliphatic carbocycles. The standard InChI is InChI=1S/C20H29FO3S/c1-18-10-16(24)20(21)13(14(18)9-15(23)17(18)25-3)5-4-11-8-12(22)6-7-19(11,20)2/h11,13-14,16-17,24H,4-10H2,1-3H3/t11?,13-,14-,16-,17+,18-,19-,20?/m0/s1. The third-order valence-corrected chi connectivity index (χ3v) is 9.81. The molecule has 0 amide bonds. The minimum atomic E-state index is -1.67. The molecule has 25 heavy (non-hydrogen) atoms. The Kier molecular flexibility index (Phi) is 3.98. The zero-order valence-corrected chi connectivity index (χ0v) is 16.2. The number of aliphatic hydroxyl groups is 1. The van der Waals surface area contributed by atoms with Gasteiger partial charge in [0.1, 0.15) is 17.2 Å². The van der Waals surface area contributed by atoms with Crippen LogP contribution in [0.2, 0.25) is 0 Å². The number of aliphatic hydroxyl groups excluding tert-OH is 1. The van der Waals surface area contributed by atoms with Crippen molar-refractivity contribution in [3.8, 4) is 0 Å². The molecule has 4 saturated carbocycles. The molecule has 2 unspecified atom stereocenters. The summed E-state index contributed by atoms with van der Waals surface area (Å²) in [5, 5.41) is 10.9. The third kappa shape index (κ3) is 2.08. The number of hydrogen-bond donors (Lipinski definition) is 1. The molecule has 4 aliphatic rings. The Bertz CT molecular complexity index is 624. The topological polar surface area (TPSA) is 54.4 Å². The minimum absolute atomic E-state index is 0.0150. The monoisotopic (exact) mass is 368 g/mol. The first-order chi connectivity index (χ1) is 11.7. The van der Waals surface area contributed by atoms with Crippen LogP contribution in [0.15, 0.2) is 0 Å². The number of thioether (sulfide) groups is 1. The highest BCUT2D eigenvalue weighted by molar-refractivity contribution is 8.00. The van der Waals surface area contributed by atoms with Crippen LogP contribution < -0.4 is 0 Å². The fourth-order valence-electron chi connectivity index (χ4n) is 7.21. The van der Waals surface area contributed by atoms with Gasteiger partial charge in [0.05, 0.1) is 11.4 Å². The lowest BCUT2D eigenvalue weighted by molar-refractivity contribution is -0.238. The smallest absolute Gasteiger partial charge is 0.146 e. The fourth-order valence-corrected chi connectivity index (χ4v) is 8.38. The molecule has 0 heterocycles. The van der Waals surface area contributed by atoms with Crippen LogP contribution in [0.3, 0.4) is 0 Å². The Balaban J connectivity index is 1.77. The summed E-state index contributed by atoms with van der Waals surface area (Å²) in [6, 6.07) is 0. The van der Waals surface area contributed by atoms with Crippen molar-refractivity contribution in [2.24, 2.45) is 28.6 Å². The molecule has 0 aliphatic heterocycles. The molecular weight excluding hydrogens is 339 g/mol. The van der Waals surface area contributed by atoms with E-state index >= 15 is 4.39 Å². The number of rotatable bonds is 1. The lowest BCUT2D eigenvalue weighted by Crippen LogP contribution is -2.69. The number of hydrogen-bond acceptors (Lipinski definition) is 4. The Hall–Kier alpha value is -0.420. The maximum absolute atomic E-state index is 16.7. The molecular formula is C20H29FO3S. The maximum atomic E-state index is 16.7. The lowest BCUT2D eigenvalue weighted by atomic mass is 9.43. The molecule has 4 rings (SSSR count). The number of alkyl halides is 1. The molecule has 3 nitrogen and oxygen atoms in total. The first-order valence-electron chi connectivity index (χ1n) is 9.62. The Morgan fingerprint density at radius 3 is 2.56 bits per heavy atom. The predicted molar refractivity (Wildman–Crippen MR) is 96.2 cm³/mol. The van der Waals surface area contributed by atoms with Gasteiger partial charge < -0.3 is 5.11 Å². The van der Waals surface area contributed by atoms with Crippen LogP contribution in [0.5, 0.6) is 0 Å². The summed E-state index contributed by atoms with van der Waals surface area (Å²) in [5.41, 5.74) is -2.64. The van der Waals surface area contributed by atoms with E-state index in [0.717, 1.165) is 6.42 Å². The average Bonchev–Trinajstić information content (AvgIpc) is 2.79. The number of Topliss-reactive ketones (excluding diaryl/α,β-unsaturated/α-hetero) is 2. The molecule has 140 valence electrons. The van der Waals surface area contributed by atoms with E-state index in [9.17, 15) is 14.7 Å². The van der Waals surface area contributed by atoms with Crippen molar-refractivity contribution in [3.63, 3.8) is 0 Å². The molecule has 0 radical (unpaired) electrons. The van der Waals surface area contributed by atoms with E-state index in [-0.39, 0.29) is 40.0 Å². The second-order valence-electron chi connectivity index (χ2n) is 9.43. The van der Waals surface area contributed by atoms with Crippen LogP contribution in [0.4, 0.5) is 4.39 Å². The van der Waals surface area contributed by atoms with Gasteiger partial charge in [-0.05, 0) is 55.1 Å². The molecule has 1 N–H and O–H groups in total. The SMILES string of the molecule is CS[C@@H]1C(=O)C[C@H]2[C@@H]3CCC4CC(=O)CC[C@]4(C)C3(F)[C@@H](O)C[C@]12C. The normalized spacial score (nSPS) is 55.5. The molecule has 8 atom stereocenters. The molecule has 0 aromatic heterocycles. The molecule has 0 aromatic carbocycles. The predicted octanol–water partition coefficient (Wildman–Crippen LogP) is 3.57. The molecule has 0 saturated heterocycles. The average molecular weight is 369 g/mol. The van der Waals surface area contributed by atoms with Crippen LogP contribution in [-0.4, -0.2) is 40.0 Å². The van der Waals surface area contributed by atoms with Gasteiger partial charge in [0, 0.05) is 24.7 Å². The molecule has 0 spiro atoms. The Labute approximate surface area is 153 Å². The zero-order valence-electron chi connectivity index (χ0n) is 15.4. The van der Waals surface area contributed by atoms with Crippen molar-refractivity contribution < 1.29 is 19.1 Å². The van der Waals surface area contributed by atoms with Crippen LogP contribution in [0.1, 0.15) is 58.8 Å². The van der Waals surface area contributed by atoms with Crippen LogP contribution in [-0.2, 0) is 9.59 Å². The summed E-state index contributed by atoms with van der Waals surface area (Å²) in [4.78, 5) is 24.5. The highest BCUT2D eigenvalue weighted by Crippen LogP contribution is 2.69. The van der Waals surface area contributed by atoms with Gasteiger partial charge in [0.25, 0.3) is 0 Å². The van der Waals surface area contributed by atoms with Crippen LogP contribution in [0, 0.1) is 28.6 Å². The van der Waals surface area contributed by atoms with Crippen molar-refractivity contribution in [1.29, 1.82) is 0 Å². The van der Waals surface area contributed by atoms with Crippen molar-refractivity contribution in [2.75, 3.05) is 6.26 Å². The minimum Gasteiger partial charge on any atom is -0.390 e. The summed E-state index contributed by atoms with van der Waals surface area (Å²) in [6.07, 6.45) is 4.66. The van der Waals surface area contributed by atoms with Crippen molar-refractivity contribution in [1.82, 2.24) is 0 Å². The second-order valence-corrected chi connectivity index (χ2v) is 10.4. The number of carbonyl (C=O) groups is 2. The lowest BCUT2D eigenvalue weighted by Gasteiger charge is -2.64. The maximum Gasteiger partial charge on any atom is 0.146 e.